The maximum atomic E-state index is 13.6. The molecule has 5 rings (SSSR count). The zero-order chi connectivity index (χ0) is 27.4. The molecule has 1 aliphatic carbocycles. The van der Waals surface area contributed by atoms with Crippen LogP contribution in [0.4, 0.5) is 10.7 Å². The average molecular weight is 602 g/mol. The number of halogens is 1. The van der Waals surface area contributed by atoms with E-state index in [1.165, 1.54) is 4.88 Å². The highest BCUT2D eigenvalue weighted by Gasteiger charge is 2.33. The van der Waals surface area contributed by atoms with E-state index in [-0.39, 0.29) is 11.3 Å². The van der Waals surface area contributed by atoms with Crippen LogP contribution >= 0.6 is 27.3 Å². The fraction of sp³-hybridized carbons (Fsp3) is 0.273. The van der Waals surface area contributed by atoms with Crippen molar-refractivity contribution < 1.29 is 9.53 Å². The van der Waals surface area contributed by atoms with Gasteiger partial charge in [-0.1, -0.05) is 85.2 Å². The molecular formula is C33H33BrN2O2S. The third kappa shape index (κ3) is 6.68. The van der Waals surface area contributed by atoms with Gasteiger partial charge in [0.15, 0.2) is 0 Å². The molecular weight excluding hydrogens is 568 g/mol. The van der Waals surface area contributed by atoms with Crippen LogP contribution in [0.3, 0.4) is 0 Å². The van der Waals surface area contributed by atoms with Crippen molar-refractivity contribution in [2.75, 3.05) is 5.32 Å². The zero-order valence-corrected chi connectivity index (χ0v) is 24.9. The lowest BCUT2D eigenvalue weighted by molar-refractivity contribution is 0.102. The minimum absolute atomic E-state index is 0.102. The van der Waals surface area contributed by atoms with Crippen molar-refractivity contribution >= 4 is 50.1 Å². The standard InChI is InChI=1S/C33H33BrN2O2S/c1-33(2,3)24-14-16-27-29(19-24)39-32(30(27)31(37)36-26-12-8-5-9-13-26)35-20-23-18-25(34)15-17-28(23)38-21-22-10-6-4-7-11-22/h4-13,15,17-18,20,24H,14,16,19,21H2,1-3H3,(H,36,37)/t24-/m0/s1. The van der Waals surface area contributed by atoms with E-state index in [1.54, 1.807) is 11.3 Å². The second-order valence-electron chi connectivity index (χ2n) is 11.0. The minimum Gasteiger partial charge on any atom is -0.488 e. The van der Waals surface area contributed by atoms with Crippen molar-refractivity contribution in [3.05, 3.63) is 110 Å². The quantitative estimate of drug-likeness (QED) is 0.215. The highest BCUT2D eigenvalue weighted by Crippen LogP contribution is 2.45. The predicted octanol–water partition coefficient (Wildman–Crippen LogP) is 9.24. The number of hydrogen-bond donors (Lipinski definition) is 1. The first-order chi connectivity index (χ1) is 18.8. The number of aliphatic imine (C=N–C) groups is 1. The Morgan fingerprint density at radius 2 is 1.79 bits per heavy atom. The molecule has 6 heteroatoms. The van der Waals surface area contributed by atoms with Gasteiger partial charge in [-0.15, -0.1) is 11.3 Å². The Bertz CT molecular complexity index is 1470. The molecule has 1 aliphatic rings. The molecule has 1 amide bonds. The lowest BCUT2D eigenvalue weighted by Gasteiger charge is -2.33. The fourth-order valence-electron chi connectivity index (χ4n) is 4.97. The number of carbonyl (C=O) groups excluding carboxylic acids is 1. The summed E-state index contributed by atoms with van der Waals surface area (Å²) in [6.07, 6.45) is 4.77. The van der Waals surface area contributed by atoms with Crippen LogP contribution in [-0.4, -0.2) is 12.1 Å². The Balaban J connectivity index is 1.47. The van der Waals surface area contributed by atoms with Gasteiger partial charge in [0.2, 0.25) is 0 Å². The Kier molecular flexibility index (Phi) is 8.34. The lowest BCUT2D eigenvalue weighted by atomic mass is 9.72. The van der Waals surface area contributed by atoms with Gasteiger partial charge in [0.05, 0.1) is 5.56 Å². The normalized spacial score (nSPS) is 15.2. The second kappa shape index (κ2) is 11.9. The Hall–Kier alpha value is -3.22. The van der Waals surface area contributed by atoms with Crippen LogP contribution in [0.2, 0.25) is 0 Å². The number of thiophene rings is 1. The molecule has 4 nitrogen and oxygen atoms in total. The number of amides is 1. The fourth-order valence-corrected chi connectivity index (χ4v) is 6.61. The summed E-state index contributed by atoms with van der Waals surface area (Å²) in [6.45, 7) is 7.39. The van der Waals surface area contributed by atoms with Crippen LogP contribution in [0.25, 0.3) is 0 Å². The number of hydrogen-bond acceptors (Lipinski definition) is 4. The summed E-state index contributed by atoms with van der Waals surface area (Å²) in [7, 11) is 0. The molecule has 0 unspecified atom stereocenters. The molecule has 0 saturated heterocycles. The largest absolute Gasteiger partial charge is 0.488 e. The topological polar surface area (TPSA) is 50.7 Å². The van der Waals surface area contributed by atoms with Gasteiger partial charge >= 0.3 is 0 Å². The van der Waals surface area contributed by atoms with Gasteiger partial charge in [-0.25, -0.2) is 4.99 Å². The van der Waals surface area contributed by atoms with E-state index in [4.69, 9.17) is 9.73 Å². The zero-order valence-electron chi connectivity index (χ0n) is 22.5. The summed E-state index contributed by atoms with van der Waals surface area (Å²) in [5.74, 6) is 1.22. The van der Waals surface area contributed by atoms with E-state index < -0.39 is 0 Å². The molecule has 200 valence electrons. The van der Waals surface area contributed by atoms with Gasteiger partial charge in [-0.3, -0.25) is 4.79 Å². The van der Waals surface area contributed by atoms with E-state index in [9.17, 15) is 4.79 Å². The van der Waals surface area contributed by atoms with Crippen molar-refractivity contribution in [2.24, 2.45) is 16.3 Å². The van der Waals surface area contributed by atoms with Crippen LogP contribution in [0.5, 0.6) is 5.75 Å². The van der Waals surface area contributed by atoms with Crippen molar-refractivity contribution in [1.29, 1.82) is 0 Å². The van der Waals surface area contributed by atoms with Crippen molar-refractivity contribution in [1.82, 2.24) is 0 Å². The molecule has 1 N–H and O–H groups in total. The molecule has 0 aliphatic heterocycles. The number of anilines is 1. The number of nitrogens with one attached hydrogen (secondary N) is 1. The van der Waals surface area contributed by atoms with Crippen molar-refractivity contribution in [3.8, 4) is 5.75 Å². The van der Waals surface area contributed by atoms with E-state index in [2.05, 4.69) is 42.0 Å². The number of rotatable bonds is 7. The van der Waals surface area contributed by atoms with Crippen LogP contribution in [0, 0.1) is 11.3 Å². The van der Waals surface area contributed by atoms with Gasteiger partial charge in [-0.2, -0.15) is 0 Å². The number of nitrogens with zero attached hydrogens (tertiary/aromatic N) is 1. The molecule has 1 atom stereocenters. The number of benzene rings is 3. The SMILES string of the molecule is CC(C)(C)[C@H]1CCc2c(sc(N=Cc3cc(Br)ccc3OCc3ccccc3)c2C(=O)Nc2ccccc2)C1. The first kappa shape index (κ1) is 27.4. The summed E-state index contributed by atoms with van der Waals surface area (Å²) in [5.41, 5.74) is 4.81. The Labute approximate surface area is 243 Å². The van der Waals surface area contributed by atoms with Crippen molar-refractivity contribution in [2.45, 2.75) is 46.6 Å². The van der Waals surface area contributed by atoms with Gasteiger partial charge < -0.3 is 10.1 Å². The van der Waals surface area contributed by atoms with Gasteiger partial charge in [0, 0.05) is 26.8 Å². The summed E-state index contributed by atoms with van der Waals surface area (Å²) in [4.78, 5) is 19.8. The summed E-state index contributed by atoms with van der Waals surface area (Å²) >= 11 is 5.24. The van der Waals surface area contributed by atoms with Crippen LogP contribution in [-0.2, 0) is 19.4 Å². The summed E-state index contributed by atoms with van der Waals surface area (Å²) in [6, 6.07) is 25.6. The Morgan fingerprint density at radius 1 is 1.08 bits per heavy atom. The Morgan fingerprint density at radius 3 is 2.51 bits per heavy atom. The predicted molar refractivity (Wildman–Crippen MR) is 166 cm³/mol. The third-order valence-electron chi connectivity index (χ3n) is 7.26. The molecule has 0 bridgehead atoms. The van der Waals surface area contributed by atoms with E-state index >= 15 is 0 Å². The highest BCUT2D eigenvalue weighted by molar-refractivity contribution is 9.10. The van der Waals surface area contributed by atoms with E-state index in [0.717, 1.165) is 56.9 Å². The van der Waals surface area contributed by atoms with Gasteiger partial charge in [0.1, 0.15) is 17.4 Å². The molecule has 0 saturated carbocycles. The monoisotopic (exact) mass is 600 g/mol. The third-order valence-corrected chi connectivity index (χ3v) is 8.92. The number of ether oxygens (including phenoxy) is 1. The molecule has 0 spiro atoms. The number of para-hydroxylation sites is 1. The second-order valence-corrected chi connectivity index (χ2v) is 13.0. The smallest absolute Gasteiger partial charge is 0.259 e. The first-order valence-corrected chi connectivity index (χ1v) is 14.9. The maximum absolute atomic E-state index is 13.6. The van der Waals surface area contributed by atoms with Crippen LogP contribution in [0.15, 0.2) is 88.3 Å². The van der Waals surface area contributed by atoms with Crippen molar-refractivity contribution in [3.63, 3.8) is 0 Å². The van der Waals surface area contributed by atoms with E-state index in [1.807, 2.05) is 85.1 Å². The molecule has 1 aromatic heterocycles. The molecule has 1 heterocycles. The maximum Gasteiger partial charge on any atom is 0.259 e. The van der Waals surface area contributed by atoms with Gasteiger partial charge in [0.25, 0.3) is 5.91 Å². The molecule has 0 radical (unpaired) electrons. The minimum atomic E-state index is -0.102. The molecule has 39 heavy (non-hydrogen) atoms. The average Bonchev–Trinajstić information content (AvgIpc) is 3.30. The summed E-state index contributed by atoms with van der Waals surface area (Å²) in [5, 5.41) is 3.84. The molecule has 3 aromatic carbocycles. The number of carbonyl (C=O) groups is 1. The summed E-state index contributed by atoms with van der Waals surface area (Å²) < 4.78 is 7.11. The van der Waals surface area contributed by atoms with E-state index in [0.29, 0.717) is 18.1 Å². The van der Waals surface area contributed by atoms with Crippen LogP contribution < -0.4 is 10.1 Å². The van der Waals surface area contributed by atoms with Gasteiger partial charge in [-0.05, 0) is 72.1 Å². The lowest BCUT2D eigenvalue weighted by Crippen LogP contribution is -2.27. The van der Waals surface area contributed by atoms with Crippen LogP contribution in [0.1, 0.15) is 59.1 Å². The highest BCUT2D eigenvalue weighted by atomic mass is 79.9. The number of fused-ring (bicyclic) bond motifs is 1. The molecule has 4 aromatic rings. The molecule has 0 fully saturated rings. The first-order valence-electron chi connectivity index (χ1n) is 13.3.